The zero-order chi connectivity index (χ0) is 18.1. The molecule has 0 spiro atoms. The van der Waals surface area contributed by atoms with E-state index in [1.807, 2.05) is 49.4 Å². The van der Waals surface area contributed by atoms with Crippen LogP contribution in [0.2, 0.25) is 0 Å². The number of para-hydroxylation sites is 2. The molecule has 0 aliphatic rings. The number of benzene rings is 2. The fraction of sp³-hybridized carbons (Fsp3) is 0.200. The van der Waals surface area contributed by atoms with Crippen molar-refractivity contribution in [3.63, 3.8) is 0 Å². The van der Waals surface area contributed by atoms with Gasteiger partial charge in [-0.15, -0.1) is 0 Å². The van der Waals surface area contributed by atoms with Gasteiger partial charge in [-0.1, -0.05) is 18.2 Å². The number of rotatable bonds is 7. The minimum absolute atomic E-state index is 0.0405. The van der Waals surface area contributed by atoms with Crippen molar-refractivity contribution in [2.45, 2.75) is 13.5 Å². The Morgan fingerprint density at radius 1 is 1.00 bits per heavy atom. The molecule has 2 aromatic carbocycles. The molecule has 0 N–H and O–H groups in total. The van der Waals surface area contributed by atoms with Gasteiger partial charge < -0.3 is 14.2 Å². The molecule has 5 heteroatoms. The van der Waals surface area contributed by atoms with Crippen LogP contribution in [0, 0.1) is 22.7 Å². The van der Waals surface area contributed by atoms with Crippen molar-refractivity contribution in [3.8, 4) is 29.4 Å². The fourth-order valence-electron chi connectivity index (χ4n) is 2.26. The number of nitrogens with zero attached hydrogens (tertiary/aromatic N) is 2. The number of ether oxygens (including phenoxy) is 3. The predicted molar refractivity (Wildman–Crippen MR) is 94.1 cm³/mol. The second kappa shape index (κ2) is 9.00. The number of methoxy groups -OCH3 is 1. The highest BCUT2D eigenvalue weighted by Gasteiger charge is 2.08. The van der Waals surface area contributed by atoms with Gasteiger partial charge in [0, 0.05) is 5.56 Å². The van der Waals surface area contributed by atoms with E-state index in [4.69, 9.17) is 24.7 Å². The van der Waals surface area contributed by atoms with Crippen LogP contribution >= 0.6 is 0 Å². The Balaban J connectivity index is 2.26. The normalized spacial score (nSPS) is 9.44. The molecule has 0 radical (unpaired) electrons. The predicted octanol–water partition coefficient (Wildman–Crippen LogP) is 4.10. The minimum Gasteiger partial charge on any atom is -0.496 e. The van der Waals surface area contributed by atoms with Gasteiger partial charge in [-0.25, -0.2) is 0 Å². The van der Waals surface area contributed by atoms with Crippen LogP contribution in [-0.2, 0) is 6.61 Å². The molecule has 0 amide bonds. The molecule has 0 atom stereocenters. The van der Waals surface area contributed by atoms with Crippen LogP contribution in [0.5, 0.6) is 17.2 Å². The van der Waals surface area contributed by atoms with Crippen molar-refractivity contribution >= 4 is 6.08 Å². The third-order valence-electron chi connectivity index (χ3n) is 3.39. The highest BCUT2D eigenvalue weighted by atomic mass is 16.5. The van der Waals surface area contributed by atoms with Crippen LogP contribution in [0.3, 0.4) is 0 Å². The van der Waals surface area contributed by atoms with Crippen LogP contribution < -0.4 is 14.2 Å². The Bertz CT molecular complexity index is 829. The van der Waals surface area contributed by atoms with Crippen molar-refractivity contribution in [1.82, 2.24) is 0 Å². The molecule has 0 saturated heterocycles. The van der Waals surface area contributed by atoms with Gasteiger partial charge >= 0.3 is 0 Å². The average molecular weight is 334 g/mol. The molecule has 0 unspecified atom stereocenters. The van der Waals surface area contributed by atoms with E-state index in [9.17, 15) is 0 Å². The van der Waals surface area contributed by atoms with Crippen LogP contribution in [0.25, 0.3) is 6.08 Å². The lowest BCUT2D eigenvalue weighted by Crippen LogP contribution is -2.01. The zero-order valence-electron chi connectivity index (χ0n) is 14.2. The number of nitriles is 2. The van der Waals surface area contributed by atoms with E-state index < -0.39 is 0 Å². The summed E-state index contributed by atoms with van der Waals surface area (Å²) in [6.45, 7) is 2.73. The summed E-state index contributed by atoms with van der Waals surface area (Å²) in [6, 6.07) is 16.5. The molecule has 5 nitrogen and oxygen atoms in total. The van der Waals surface area contributed by atoms with Gasteiger partial charge in [-0.2, -0.15) is 10.5 Å². The van der Waals surface area contributed by atoms with Crippen LogP contribution in [-0.4, -0.2) is 13.7 Å². The Morgan fingerprint density at radius 3 is 2.28 bits per heavy atom. The maximum absolute atomic E-state index is 8.89. The Hall–Kier alpha value is -3.44. The minimum atomic E-state index is 0.0405. The molecular formula is C20H18N2O3. The van der Waals surface area contributed by atoms with E-state index in [0.717, 1.165) is 11.1 Å². The first-order valence-corrected chi connectivity index (χ1v) is 7.75. The average Bonchev–Trinajstić information content (AvgIpc) is 2.65. The lowest BCUT2D eigenvalue weighted by molar-refractivity contribution is 0.265. The van der Waals surface area contributed by atoms with Gasteiger partial charge in [-0.3, -0.25) is 0 Å². The summed E-state index contributed by atoms with van der Waals surface area (Å²) >= 11 is 0. The quantitative estimate of drug-likeness (QED) is 0.712. The van der Waals surface area contributed by atoms with Gasteiger partial charge in [0.05, 0.1) is 13.7 Å². The standard InChI is InChI=1S/C20H18N2O3/c1-3-24-19-6-4-5-7-20(19)25-14-17-11-15(8-9-18(17)23-2)10-16(12-21)13-22/h4-11H,3,14H2,1-2H3. The van der Waals surface area contributed by atoms with E-state index in [1.54, 1.807) is 19.2 Å². The van der Waals surface area contributed by atoms with Crippen molar-refractivity contribution < 1.29 is 14.2 Å². The molecule has 0 saturated carbocycles. The number of hydrogen-bond acceptors (Lipinski definition) is 5. The summed E-state index contributed by atoms with van der Waals surface area (Å²) < 4.78 is 16.8. The molecular weight excluding hydrogens is 316 g/mol. The first-order valence-electron chi connectivity index (χ1n) is 7.75. The third kappa shape index (κ3) is 4.76. The highest BCUT2D eigenvalue weighted by Crippen LogP contribution is 2.29. The Morgan fingerprint density at radius 2 is 1.68 bits per heavy atom. The second-order valence-corrected chi connectivity index (χ2v) is 5.02. The topological polar surface area (TPSA) is 75.3 Å². The first kappa shape index (κ1) is 17.9. The first-order chi connectivity index (χ1) is 12.2. The van der Waals surface area contributed by atoms with E-state index in [1.165, 1.54) is 6.08 Å². The van der Waals surface area contributed by atoms with Gasteiger partial charge in [0.1, 0.15) is 30.1 Å². The largest absolute Gasteiger partial charge is 0.496 e. The SMILES string of the molecule is CCOc1ccccc1OCc1cc(C=C(C#N)C#N)ccc1OC. The third-order valence-corrected chi connectivity index (χ3v) is 3.39. The molecule has 126 valence electrons. The fourth-order valence-corrected chi connectivity index (χ4v) is 2.26. The van der Waals surface area contributed by atoms with Crippen LogP contribution in [0.4, 0.5) is 0 Å². The van der Waals surface area contributed by atoms with Crippen molar-refractivity contribution in [2.75, 3.05) is 13.7 Å². The molecule has 25 heavy (non-hydrogen) atoms. The van der Waals surface area contributed by atoms with Gasteiger partial charge in [0.2, 0.25) is 0 Å². The summed E-state index contributed by atoms with van der Waals surface area (Å²) in [5.41, 5.74) is 1.58. The molecule has 0 aliphatic carbocycles. The zero-order valence-corrected chi connectivity index (χ0v) is 14.2. The lowest BCUT2D eigenvalue weighted by atomic mass is 10.1. The van der Waals surface area contributed by atoms with E-state index >= 15 is 0 Å². The summed E-state index contributed by atoms with van der Waals surface area (Å²) in [7, 11) is 1.58. The lowest BCUT2D eigenvalue weighted by Gasteiger charge is -2.14. The monoisotopic (exact) mass is 334 g/mol. The number of allylic oxidation sites excluding steroid dienone is 1. The second-order valence-electron chi connectivity index (χ2n) is 5.02. The van der Waals surface area contributed by atoms with Crippen molar-refractivity contribution in [1.29, 1.82) is 10.5 Å². The summed E-state index contributed by atoms with van der Waals surface area (Å²) in [4.78, 5) is 0. The van der Waals surface area contributed by atoms with Gasteiger partial charge in [0.25, 0.3) is 0 Å². The maximum Gasteiger partial charge on any atom is 0.161 e. The molecule has 2 rings (SSSR count). The molecule has 0 heterocycles. The Kier molecular flexibility index (Phi) is 6.45. The van der Waals surface area contributed by atoms with E-state index in [0.29, 0.717) is 23.9 Å². The van der Waals surface area contributed by atoms with E-state index in [-0.39, 0.29) is 12.2 Å². The highest BCUT2D eigenvalue weighted by molar-refractivity contribution is 5.63. The molecule has 0 fully saturated rings. The molecule has 2 aromatic rings. The number of hydrogen-bond donors (Lipinski definition) is 0. The molecule has 0 aromatic heterocycles. The van der Waals surface area contributed by atoms with Crippen molar-refractivity contribution in [3.05, 3.63) is 59.2 Å². The Labute approximate surface area is 147 Å². The smallest absolute Gasteiger partial charge is 0.161 e. The summed E-state index contributed by atoms with van der Waals surface area (Å²) in [6.07, 6.45) is 1.52. The van der Waals surface area contributed by atoms with Gasteiger partial charge in [-0.05, 0) is 42.8 Å². The van der Waals surface area contributed by atoms with E-state index in [2.05, 4.69) is 0 Å². The van der Waals surface area contributed by atoms with Crippen LogP contribution in [0.15, 0.2) is 48.0 Å². The maximum atomic E-state index is 8.89. The molecule has 0 bridgehead atoms. The molecule has 0 aliphatic heterocycles. The van der Waals surface area contributed by atoms with Gasteiger partial charge in [0.15, 0.2) is 11.5 Å². The van der Waals surface area contributed by atoms with Crippen molar-refractivity contribution in [2.24, 2.45) is 0 Å². The summed E-state index contributed by atoms with van der Waals surface area (Å²) in [5.74, 6) is 1.99. The van der Waals surface area contributed by atoms with Crippen LogP contribution in [0.1, 0.15) is 18.1 Å². The summed E-state index contributed by atoms with van der Waals surface area (Å²) in [5, 5.41) is 17.8.